The van der Waals surface area contributed by atoms with E-state index in [1.807, 2.05) is 0 Å². The van der Waals surface area contributed by atoms with Crippen molar-refractivity contribution in [2.45, 2.75) is 13.3 Å². The van der Waals surface area contributed by atoms with Crippen molar-refractivity contribution in [2.75, 3.05) is 11.9 Å². The van der Waals surface area contributed by atoms with Crippen LogP contribution in [0.1, 0.15) is 11.1 Å². The Morgan fingerprint density at radius 3 is 2.55 bits per heavy atom. The molecule has 0 aliphatic heterocycles. The average molecular weight is 261 g/mol. The number of rotatable bonds is 4. The first-order valence-electron chi connectivity index (χ1n) is 7.10. The fourth-order valence-corrected chi connectivity index (χ4v) is 2.61. The highest BCUT2D eigenvalue weighted by molar-refractivity contribution is 5.85. The van der Waals surface area contributed by atoms with E-state index in [9.17, 15) is 0 Å². The minimum absolute atomic E-state index is 0.956. The zero-order valence-electron chi connectivity index (χ0n) is 11.8. The van der Waals surface area contributed by atoms with Crippen LogP contribution in [-0.2, 0) is 6.42 Å². The van der Waals surface area contributed by atoms with Crippen molar-refractivity contribution < 1.29 is 0 Å². The number of fused-ring (bicyclic) bond motifs is 1. The van der Waals surface area contributed by atoms with Crippen LogP contribution in [-0.4, -0.2) is 6.54 Å². The molecule has 0 spiro atoms. The molecule has 1 heteroatoms. The van der Waals surface area contributed by atoms with Gasteiger partial charge in [0, 0.05) is 12.2 Å². The molecule has 0 aliphatic rings. The second kappa shape index (κ2) is 5.79. The predicted octanol–water partition coefficient (Wildman–Crippen LogP) is 4.80. The Morgan fingerprint density at radius 2 is 1.65 bits per heavy atom. The van der Waals surface area contributed by atoms with Crippen LogP contribution < -0.4 is 5.32 Å². The lowest BCUT2D eigenvalue weighted by Gasteiger charge is -2.09. The fraction of sp³-hybridized carbons (Fsp3) is 0.158. The van der Waals surface area contributed by atoms with E-state index in [1.54, 1.807) is 0 Å². The largest absolute Gasteiger partial charge is 0.385 e. The Morgan fingerprint density at radius 1 is 0.850 bits per heavy atom. The van der Waals surface area contributed by atoms with Gasteiger partial charge in [-0.15, -0.1) is 0 Å². The first-order chi connectivity index (χ1) is 9.83. The van der Waals surface area contributed by atoms with E-state index in [4.69, 9.17) is 0 Å². The van der Waals surface area contributed by atoms with Gasteiger partial charge in [-0.25, -0.2) is 0 Å². The van der Waals surface area contributed by atoms with Gasteiger partial charge in [-0.05, 0) is 47.4 Å². The number of nitrogens with one attached hydrogen (secondary N) is 1. The summed E-state index contributed by atoms with van der Waals surface area (Å²) in [6, 6.07) is 23.6. The highest BCUT2D eigenvalue weighted by Crippen LogP contribution is 2.19. The van der Waals surface area contributed by atoms with E-state index in [-0.39, 0.29) is 0 Å². The molecule has 0 aromatic heterocycles. The number of aryl methyl sites for hydroxylation is 1. The van der Waals surface area contributed by atoms with E-state index in [0.717, 1.165) is 13.0 Å². The van der Waals surface area contributed by atoms with Gasteiger partial charge in [0.15, 0.2) is 0 Å². The third-order valence-electron chi connectivity index (χ3n) is 3.62. The lowest BCUT2D eigenvalue weighted by Crippen LogP contribution is -2.05. The average Bonchev–Trinajstić information content (AvgIpc) is 2.48. The maximum atomic E-state index is 3.50. The van der Waals surface area contributed by atoms with Crippen molar-refractivity contribution in [1.82, 2.24) is 0 Å². The van der Waals surface area contributed by atoms with Crippen molar-refractivity contribution in [1.29, 1.82) is 0 Å². The molecule has 0 heterocycles. The maximum absolute atomic E-state index is 3.50. The van der Waals surface area contributed by atoms with Gasteiger partial charge in [0.2, 0.25) is 0 Å². The van der Waals surface area contributed by atoms with Crippen LogP contribution in [0.15, 0.2) is 66.7 Å². The fourth-order valence-electron chi connectivity index (χ4n) is 2.61. The molecule has 0 atom stereocenters. The number of hydrogen-bond acceptors (Lipinski definition) is 1. The molecule has 3 aromatic carbocycles. The molecule has 20 heavy (non-hydrogen) atoms. The van der Waals surface area contributed by atoms with Crippen LogP contribution in [0.25, 0.3) is 10.8 Å². The van der Waals surface area contributed by atoms with Crippen molar-refractivity contribution in [2.24, 2.45) is 0 Å². The molecule has 0 aliphatic carbocycles. The van der Waals surface area contributed by atoms with Crippen molar-refractivity contribution >= 4 is 16.5 Å². The zero-order valence-corrected chi connectivity index (χ0v) is 11.8. The smallest absolute Gasteiger partial charge is 0.0342 e. The van der Waals surface area contributed by atoms with E-state index in [1.165, 1.54) is 27.6 Å². The Labute approximate surface area is 120 Å². The third-order valence-corrected chi connectivity index (χ3v) is 3.62. The van der Waals surface area contributed by atoms with Crippen LogP contribution in [0.5, 0.6) is 0 Å². The lowest BCUT2D eigenvalue weighted by atomic mass is 10.0. The van der Waals surface area contributed by atoms with Gasteiger partial charge >= 0.3 is 0 Å². The molecular formula is C19H19N. The molecule has 0 saturated heterocycles. The highest BCUT2D eigenvalue weighted by atomic mass is 14.9. The van der Waals surface area contributed by atoms with Gasteiger partial charge in [-0.1, -0.05) is 54.6 Å². The molecule has 3 rings (SSSR count). The zero-order chi connectivity index (χ0) is 13.8. The Kier molecular flexibility index (Phi) is 3.69. The molecule has 1 N–H and O–H groups in total. The molecule has 0 bridgehead atoms. The second-order valence-corrected chi connectivity index (χ2v) is 5.18. The Bertz CT molecular complexity index is 710. The molecule has 0 saturated carbocycles. The van der Waals surface area contributed by atoms with E-state index >= 15 is 0 Å². The number of hydrogen-bond donors (Lipinski definition) is 1. The highest BCUT2D eigenvalue weighted by Gasteiger charge is 2.00. The summed E-state index contributed by atoms with van der Waals surface area (Å²) in [5, 5.41) is 6.18. The van der Waals surface area contributed by atoms with Gasteiger partial charge in [-0.3, -0.25) is 0 Å². The standard InChI is InChI=1S/C19H19N/c1-15-6-4-10-18(14-15)20-13-12-17-9-5-8-16-7-2-3-11-19(16)17/h2-11,14,20H,12-13H2,1H3. The van der Waals surface area contributed by atoms with Crippen LogP contribution in [0.2, 0.25) is 0 Å². The minimum atomic E-state index is 0.956. The summed E-state index contributed by atoms with van der Waals surface area (Å²) in [6.45, 7) is 3.08. The minimum Gasteiger partial charge on any atom is -0.385 e. The van der Waals surface area contributed by atoms with Crippen molar-refractivity contribution in [3.8, 4) is 0 Å². The Hall–Kier alpha value is -2.28. The van der Waals surface area contributed by atoms with Gasteiger partial charge < -0.3 is 5.32 Å². The van der Waals surface area contributed by atoms with Gasteiger partial charge in [-0.2, -0.15) is 0 Å². The molecular weight excluding hydrogens is 242 g/mol. The van der Waals surface area contributed by atoms with E-state index in [0.29, 0.717) is 0 Å². The Balaban J connectivity index is 1.71. The maximum Gasteiger partial charge on any atom is 0.0342 e. The van der Waals surface area contributed by atoms with E-state index in [2.05, 4.69) is 79.0 Å². The van der Waals surface area contributed by atoms with E-state index < -0.39 is 0 Å². The topological polar surface area (TPSA) is 12.0 Å². The second-order valence-electron chi connectivity index (χ2n) is 5.18. The summed E-state index contributed by atoms with van der Waals surface area (Å²) in [6.07, 6.45) is 1.04. The molecule has 0 fully saturated rings. The van der Waals surface area contributed by atoms with Gasteiger partial charge in [0.25, 0.3) is 0 Å². The summed E-state index contributed by atoms with van der Waals surface area (Å²) < 4.78 is 0. The van der Waals surface area contributed by atoms with Gasteiger partial charge in [0.1, 0.15) is 0 Å². The summed E-state index contributed by atoms with van der Waals surface area (Å²) in [5.74, 6) is 0. The van der Waals surface area contributed by atoms with Gasteiger partial charge in [0.05, 0.1) is 0 Å². The normalized spacial score (nSPS) is 10.7. The van der Waals surface area contributed by atoms with Crippen LogP contribution in [0.4, 0.5) is 5.69 Å². The van der Waals surface area contributed by atoms with Crippen molar-refractivity contribution in [3.05, 3.63) is 77.9 Å². The third kappa shape index (κ3) is 2.83. The summed E-state index contributed by atoms with van der Waals surface area (Å²) in [5.41, 5.74) is 3.90. The first-order valence-corrected chi connectivity index (χ1v) is 7.10. The summed E-state index contributed by atoms with van der Waals surface area (Å²) in [7, 11) is 0. The quantitative estimate of drug-likeness (QED) is 0.711. The molecule has 3 aromatic rings. The molecule has 100 valence electrons. The van der Waals surface area contributed by atoms with Crippen LogP contribution >= 0.6 is 0 Å². The summed E-state index contributed by atoms with van der Waals surface area (Å²) in [4.78, 5) is 0. The predicted molar refractivity (Wildman–Crippen MR) is 87.3 cm³/mol. The SMILES string of the molecule is Cc1cccc(NCCc2cccc3ccccc23)c1. The first kappa shape index (κ1) is 12.7. The molecule has 1 nitrogen and oxygen atoms in total. The molecule has 0 unspecified atom stereocenters. The molecule has 0 radical (unpaired) electrons. The number of benzene rings is 3. The number of anilines is 1. The lowest BCUT2D eigenvalue weighted by molar-refractivity contribution is 1.03. The molecule has 0 amide bonds. The van der Waals surface area contributed by atoms with Crippen LogP contribution in [0.3, 0.4) is 0 Å². The van der Waals surface area contributed by atoms with Crippen molar-refractivity contribution in [3.63, 3.8) is 0 Å². The summed E-state index contributed by atoms with van der Waals surface area (Å²) >= 11 is 0. The van der Waals surface area contributed by atoms with Crippen LogP contribution in [0, 0.1) is 6.92 Å². The monoisotopic (exact) mass is 261 g/mol.